The van der Waals surface area contributed by atoms with E-state index in [9.17, 15) is 19.2 Å². The number of dihydropyridines is 1. The molecule has 0 spiro atoms. The van der Waals surface area contributed by atoms with Crippen LogP contribution in [0.2, 0.25) is 0 Å². The molecule has 5 nitrogen and oxygen atoms in total. The molecule has 0 radical (unpaired) electrons. The van der Waals surface area contributed by atoms with E-state index >= 15 is 0 Å². The lowest BCUT2D eigenvalue weighted by molar-refractivity contribution is -0.133. The van der Waals surface area contributed by atoms with E-state index in [1.807, 2.05) is 0 Å². The van der Waals surface area contributed by atoms with Gasteiger partial charge in [-0.3, -0.25) is 19.2 Å². The summed E-state index contributed by atoms with van der Waals surface area (Å²) >= 11 is 0. The second kappa shape index (κ2) is 5.08. The minimum absolute atomic E-state index is 0.0293. The van der Waals surface area contributed by atoms with Crippen molar-refractivity contribution in [3.05, 3.63) is 22.5 Å². The Balaban J connectivity index is 3.12. The predicted molar refractivity (Wildman–Crippen MR) is 64.5 cm³/mol. The molecular formula is C13H15NO4. The Bertz CT molecular complexity index is 477. The quantitative estimate of drug-likeness (QED) is 0.747. The number of hydrogen-bond donors (Lipinski definition) is 1. The summed E-state index contributed by atoms with van der Waals surface area (Å²) in [6, 6.07) is 0. The highest BCUT2D eigenvalue weighted by Gasteiger charge is 2.28. The zero-order chi connectivity index (χ0) is 14.0. The Kier molecular flexibility index (Phi) is 3.96. The van der Waals surface area contributed by atoms with Gasteiger partial charge in [0.1, 0.15) is 0 Å². The van der Waals surface area contributed by atoms with Crippen molar-refractivity contribution in [2.75, 3.05) is 0 Å². The molecule has 0 bridgehead atoms. The second-order valence-corrected chi connectivity index (χ2v) is 4.28. The monoisotopic (exact) mass is 249 g/mol. The standard InChI is InChI=1S/C13H15NO4/c1-6-10(12(17)8(3)15)5-11(7(2)14-6)13(18)9(4)16/h14H,5H2,1-4H3. The van der Waals surface area contributed by atoms with Gasteiger partial charge in [0.25, 0.3) is 0 Å². The van der Waals surface area contributed by atoms with E-state index in [4.69, 9.17) is 0 Å². The van der Waals surface area contributed by atoms with Crippen molar-refractivity contribution in [2.45, 2.75) is 34.1 Å². The van der Waals surface area contributed by atoms with Crippen LogP contribution in [0.4, 0.5) is 0 Å². The van der Waals surface area contributed by atoms with Crippen LogP contribution in [0.5, 0.6) is 0 Å². The van der Waals surface area contributed by atoms with E-state index in [0.717, 1.165) is 0 Å². The maximum absolute atomic E-state index is 11.7. The van der Waals surface area contributed by atoms with E-state index in [1.165, 1.54) is 13.8 Å². The van der Waals surface area contributed by atoms with Gasteiger partial charge in [-0.15, -0.1) is 0 Å². The minimum Gasteiger partial charge on any atom is -0.362 e. The number of Topliss-reactive ketones (excluding diaryl/α,β-unsaturated/α-hetero) is 4. The van der Waals surface area contributed by atoms with Crippen molar-refractivity contribution in [1.29, 1.82) is 0 Å². The number of ketones is 4. The smallest absolute Gasteiger partial charge is 0.226 e. The molecule has 0 aromatic carbocycles. The van der Waals surface area contributed by atoms with E-state index in [2.05, 4.69) is 5.32 Å². The first-order chi connectivity index (χ1) is 8.25. The average molecular weight is 249 g/mol. The van der Waals surface area contributed by atoms with Crippen molar-refractivity contribution >= 4 is 23.1 Å². The Labute approximate surface area is 105 Å². The third-order valence-corrected chi connectivity index (χ3v) is 2.82. The SMILES string of the molecule is CC(=O)C(=O)C1=C(C)NC(C)=C(C(=O)C(C)=O)C1. The largest absolute Gasteiger partial charge is 0.362 e. The van der Waals surface area contributed by atoms with Gasteiger partial charge in [-0.05, 0) is 13.8 Å². The summed E-state index contributed by atoms with van der Waals surface area (Å²) in [6.07, 6.45) is 0.0293. The van der Waals surface area contributed by atoms with Crippen LogP contribution >= 0.6 is 0 Å². The predicted octanol–water partition coefficient (Wildman–Crippen LogP) is 0.844. The van der Waals surface area contributed by atoms with Crippen LogP contribution in [0.15, 0.2) is 22.5 Å². The summed E-state index contributed by atoms with van der Waals surface area (Å²) in [5.74, 6) is -2.41. The number of nitrogens with one attached hydrogen (secondary N) is 1. The fourth-order valence-electron chi connectivity index (χ4n) is 1.80. The summed E-state index contributed by atoms with van der Waals surface area (Å²) in [5, 5.41) is 2.86. The molecule has 5 heteroatoms. The van der Waals surface area contributed by atoms with Gasteiger partial charge in [0.05, 0.1) is 0 Å². The highest BCUT2D eigenvalue weighted by molar-refractivity contribution is 6.45. The molecule has 0 aliphatic carbocycles. The summed E-state index contributed by atoms with van der Waals surface area (Å²) < 4.78 is 0. The maximum Gasteiger partial charge on any atom is 0.226 e. The van der Waals surface area contributed by atoms with E-state index in [1.54, 1.807) is 13.8 Å². The van der Waals surface area contributed by atoms with Crippen molar-refractivity contribution in [2.24, 2.45) is 0 Å². The maximum atomic E-state index is 11.7. The third kappa shape index (κ3) is 2.61. The molecule has 0 saturated carbocycles. The molecule has 1 rings (SSSR count). The minimum atomic E-state index is -0.624. The molecule has 0 unspecified atom stereocenters. The molecule has 0 saturated heterocycles. The average Bonchev–Trinajstić information content (AvgIpc) is 2.27. The second-order valence-electron chi connectivity index (χ2n) is 4.28. The van der Waals surface area contributed by atoms with E-state index in [0.29, 0.717) is 11.4 Å². The number of rotatable bonds is 4. The highest BCUT2D eigenvalue weighted by Crippen LogP contribution is 2.24. The van der Waals surface area contributed by atoms with Crippen LogP contribution in [0.25, 0.3) is 0 Å². The summed E-state index contributed by atoms with van der Waals surface area (Å²) in [4.78, 5) is 45.6. The normalized spacial score (nSPS) is 15.3. The number of allylic oxidation sites excluding steroid dienone is 4. The van der Waals surface area contributed by atoms with Crippen LogP contribution in [0, 0.1) is 0 Å². The lowest BCUT2D eigenvalue weighted by atomic mass is 9.90. The van der Waals surface area contributed by atoms with E-state index in [-0.39, 0.29) is 17.6 Å². The molecule has 96 valence electrons. The first kappa shape index (κ1) is 14.0. The molecular weight excluding hydrogens is 234 g/mol. The van der Waals surface area contributed by atoms with Crippen molar-refractivity contribution in [1.82, 2.24) is 5.32 Å². The lowest BCUT2D eigenvalue weighted by Gasteiger charge is -2.21. The molecule has 0 aromatic rings. The first-order valence-corrected chi connectivity index (χ1v) is 5.52. The van der Waals surface area contributed by atoms with Gasteiger partial charge in [-0.25, -0.2) is 0 Å². The van der Waals surface area contributed by atoms with Gasteiger partial charge in [-0.1, -0.05) is 0 Å². The lowest BCUT2D eigenvalue weighted by Crippen LogP contribution is -2.28. The molecule has 0 fully saturated rings. The Hall–Kier alpha value is -2.04. The van der Waals surface area contributed by atoms with Crippen LogP contribution in [0.3, 0.4) is 0 Å². The van der Waals surface area contributed by atoms with Crippen molar-refractivity contribution in [3.8, 4) is 0 Å². The zero-order valence-corrected chi connectivity index (χ0v) is 10.8. The van der Waals surface area contributed by atoms with Crippen LogP contribution in [-0.4, -0.2) is 23.1 Å². The topological polar surface area (TPSA) is 80.3 Å². The van der Waals surface area contributed by atoms with Gasteiger partial charge in [0.2, 0.25) is 11.6 Å². The molecule has 0 atom stereocenters. The fourth-order valence-corrected chi connectivity index (χ4v) is 1.80. The molecule has 1 aliphatic heterocycles. The van der Waals surface area contributed by atoms with Gasteiger partial charge >= 0.3 is 0 Å². The van der Waals surface area contributed by atoms with Gasteiger partial charge in [0.15, 0.2) is 11.6 Å². The summed E-state index contributed by atoms with van der Waals surface area (Å²) in [5.41, 5.74) is 1.59. The van der Waals surface area contributed by atoms with Crippen LogP contribution in [-0.2, 0) is 19.2 Å². The number of carbonyl (C=O) groups excluding carboxylic acids is 4. The number of hydrogen-bond acceptors (Lipinski definition) is 5. The van der Waals surface area contributed by atoms with Gasteiger partial charge < -0.3 is 5.32 Å². The number of carbonyl (C=O) groups is 4. The fraction of sp³-hybridized carbons (Fsp3) is 0.385. The first-order valence-electron chi connectivity index (χ1n) is 5.52. The molecule has 0 aromatic heterocycles. The summed E-state index contributed by atoms with van der Waals surface area (Å²) in [7, 11) is 0. The molecule has 1 aliphatic rings. The molecule has 18 heavy (non-hydrogen) atoms. The van der Waals surface area contributed by atoms with Crippen LogP contribution in [0.1, 0.15) is 34.1 Å². The van der Waals surface area contributed by atoms with Crippen molar-refractivity contribution in [3.63, 3.8) is 0 Å². The zero-order valence-electron chi connectivity index (χ0n) is 10.8. The van der Waals surface area contributed by atoms with Crippen LogP contribution < -0.4 is 5.32 Å². The van der Waals surface area contributed by atoms with Gasteiger partial charge in [-0.2, -0.15) is 0 Å². The highest BCUT2D eigenvalue weighted by atomic mass is 16.2. The van der Waals surface area contributed by atoms with Gasteiger partial charge in [0, 0.05) is 42.8 Å². The molecule has 1 N–H and O–H groups in total. The molecule has 0 amide bonds. The van der Waals surface area contributed by atoms with E-state index < -0.39 is 23.1 Å². The summed E-state index contributed by atoms with van der Waals surface area (Å²) in [6.45, 7) is 5.68. The van der Waals surface area contributed by atoms with Crippen molar-refractivity contribution < 1.29 is 19.2 Å². The Morgan fingerprint density at radius 1 is 0.833 bits per heavy atom. The molecule has 1 heterocycles. The third-order valence-electron chi connectivity index (χ3n) is 2.82. The Morgan fingerprint density at radius 2 is 1.17 bits per heavy atom. The Morgan fingerprint density at radius 3 is 1.44 bits per heavy atom.